The monoisotopic (exact) mass is 306 g/mol. The van der Waals surface area contributed by atoms with E-state index in [2.05, 4.69) is 49.2 Å². The molecule has 2 saturated heterocycles. The fourth-order valence-electron chi connectivity index (χ4n) is 3.80. The minimum absolute atomic E-state index is 0.146. The van der Waals surface area contributed by atoms with Gasteiger partial charge in [0.1, 0.15) is 0 Å². The Labute approximate surface area is 132 Å². The number of ether oxygens (including phenoxy) is 1. The van der Waals surface area contributed by atoms with Crippen LogP contribution in [0.3, 0.4) is 0 Å². The Morgan fingerprint density at radius 2 is 2.19 bits per heavy atom. The molecular weight excluding hydrogens is 280 g/mol. The molecule has 0 saturated carbocycles. The minimum atomic E-state index is 0.146. The van der Waals surface area contributed by atoms with Gasteiger partial charge in [-0.15, -0.1) is 0 Å². The highest BCUT2D eigenvalue weighted by molar-refractivity contribution is 7.99. The maximum Gasteiger partial charge on any atom is 0.0701 e. The number of hydrogen-bond acceptors (Lipinski definition) is 4. The van der Waals surface area contributed by atoms with Gasteiger partial charge in [0.15, 0.2) is 0 Å². The summed E-state index contributed by atoms with van der Waals surface area (Å²) < 4.78 is 6.23. The van der Waals surface area contributed by atoms with Crippen LogP contribution in [0.4, 0.5) is 0 Å². The maximum absolute atomic E-state index is 6.23. The van der Waals surface area contributed by atoms with Gasteiger partial charge in [-0.05, 0) is 69.2 Å². The molecule has 3 rings (SSSR count). The summed E-state index contributed by atoms with van der Waals surface area (Å²) >= 11 is 2.07. The van der Waals surface area contributed by atoms with Crippen LogP contribution in [0.5, 0.6) is 0 Å². The molecule has 2 aliphatic rings. The number of pyridine rings is 1. The lowest BCUT2D eigenvalue weighted by molar-refractivity contribution is -0.107. The summed E-state index contributed by atoms with van der Waals surface area (Å²) in [6.07, 6.45) is 4.74. The topological polar surface area (TPSA) is 34.2 Å². The third kappa shape index (κ3) is 3.43. The fourth-order valence-corrected chi connectivity index (χ4v) is 5.04. The Hall–Kier alpha value is -0.580. The Morgan fingerprint density at radius 3 is 2.90 bits per heavy atom. The second-order valence-corrected chi connectivity index (χ2v) is 7.59. The molecule has 2 unspecified atom stereocenters. The summed E-state index contributed by atoms with van der Waals surface area (Å²) in [7, 11) is 2.06. The zero-order valence-corrected chi connectivity index (χ0v) is 13.9. The van der Waals surface area contributed by atoms with Crippen LogP contribution in [0.15, 0.2) is 18.2 Å². The van der Waals surface area contributed by atoms with Crippen LogP contribution >= 0.6 is 11.8 Å². The van der Waals surface area contributed by atoms with Crippen molar-refractivity contribution in [3.8, 4) is 0 Å². The van der Waals surface area contributed by atoms with Gasteiger partial charge in [0.25, 0.3) is 0 Å². The number of aryl methyl sites for hydroxylation is 1. The summed E-state index contributed by atoms with van der Waals surface area (Å²) in [5.74, 6) is 3.13. The van der Waals surface area contributed by atoms with Crippen molar-refractivity contribution in [3.63, 3.8) is 0 Å². The molecule has 4 heteroatoms. The molecule has 1 spiro atoms. The largest absolute Gasteiger partial charge is 0.375 e. The van der Waals surface area contributed by atoms with Crippen molar-refractivity contribution in [2.45, 2.75) is 44.2 Å². The Morgan fingerprint density at radius 1 is 1.38 bits per heavy atom. The fraction of sp³-hybridized carbons (Fsp3) is 0.706. The average Bonchev–Trinajstić information content (AvgIpc) is 2.49. The van der Waals surface area contributed by atoms with E-state index in [1.807, 2.05) is 0 Å². The molecule has 0 amide bonds. The van der Waals surface area contributed by atoms with Crippen LogP contribution in [-0.2, 0) is 4.74 Å². The highest BCUT2D eigenvalue weighted by Crippen LogP contribution is 2.43. The average molecular weight is 306 g/mol. The lowest BCUT2D eigenvalue weighted by Crippen LogP contribution is -2.45. The van der Waals surface area contributed by atoms with Gasteiger partial charge in [-0.3, -0.25) is 4.98 Å². The molecule has 21 heavy (non-hydrogen) atoms. The summed E-state index contributed by atoms with van der Waals surface area (Å²) in [4.78, 5) is 4.75. The van der Waals surface area contributed by atoms with E-state index in [1.54, 1.807) is 0 Å². The second-order valence-electron chi connectivity index (χ2n) is 6.37. The van der Waals surface area contributed by atoms with Gasteiger partial charge < -0.3 is 10.1 Å². The molecule has 0 aliphatic carbocycles. The Bertz CT molecular complexity index is 468. The van der Waals surface area contributed by atoms with Crippen LogP contribution in [-0.4, -0.2) is 35.7 Å². The SMILES string of the molecule is CNC(c1cccc(C)n1)C1CCOC2(CCSCC2)C1. The van der Waals surface area contributed by atoms with E-state index in [4.69, 9.17) is 9.72 Å². The van der Waals surface area contributed by atoms with Crippen molar-refractivity contribution < 1.29 is 4.74 Å². The highest BCUT2D eigenvalue weighted by Gasteiger charge is 2.41. The summed E-state index contributed by atoms with van der Waals surface area (Å²) in [5.41, 5.74) is 2.43. The van der Waals surface area contributed by atoms with Gasteiger partial charge >= 0.3 is 0 Å². The molecule has 1 N–H and O–H groups in total. The number of thioether (sulfide) groups is 1. The third-order valence-electron chi connectivity index (χ3n) is 4.95. The Kier molecular flexibility index (Phi) is 4.87. The van der Waals surface area contributed by atoms with Crippen LogP contribution in [0.25, 0.3) is 0 Å². The van der Waals surface area contributed by atoms with Crippen LogP contribution < -0.4 is 5.32 Å². The van der Waals surface area contributed by atoms with Gasteiger partial charge in [0.2, 0.25) is 0 Å². The van der Waals surface area contributed by atoms with Gasteiger partial charge in [-0.25, -0.2) is 0 Å². The predicted molar refractivity (Wildman–Crippen MR) is 88.7 cm³/mol. The van der Waals surface area contributed by atoms with Gasteiger partial charge in [-0.1, -0.05) is 6.07 Å². The van der Waals surface area contributed by atoms with Crippen molar-refractivity contribution in [1.82, 2.24) is 10.3 Å². The molecular formula is C17H26N2OS. The summed E-state index contributed by atoms with van der Waals surface area (Å²) in [5, 5.41) is 3.51. The van der Waals surface area contributed by atoms with E-state index in [0.717, 1.165) is 18.7 Å². The number of rotatable bonds is 3. The Balaban J connectivity index is 1.77. The van der Waals surface area contributed by atoms with Crippen molar-refractivity contribution in [2.24, 2.45) is 5.92 Å². The summed E-state index contributed by atoms with van der Waals surface area (Å²) in [6.45, 7) is 2.97. The van der Waals surface area contributed by atoms with E-state index in [-0.39, 0.29) is 5.60 Å². The molecule has 3 heterocycles. The minimum Gasteiger partial charge on any atom is -0.375 e. The second kappa shape index (κ2) is 6.67. The van der Waals surface area contributed by atoms with Crippen molar-refractivity contribution in [2.75, 3.05) is 25.2 Å². The third-order valence-corrected chi connectivity index (χ3v) is 5.93. The van der Waals surface area contributed by atoms with E-state index in [0.29, 0.717) is 12.0 Å². The normalized spacial score (nSPS) is 26.7. The summed E-state index contributed by atoms with van der Waals surface area (Å²) in [6, 6.07) is 6.70. The standard InChI is InChI=1S/C17H26N2OS/c1-13-4-3-5-15(19-13)16(18-2)14-6-9-20-17(12-14)7-10-21-11-8-17/h3-5,14,16,18H,6-12H2,1-2H3. The molecule has 0 radical (unpaired) electrons. The number of aromatic nitrogens is 1. The first-order valence-corrected chi connectivity index (χ1v) is 9.20. The molecule has 1 aromatic rings. The smallest absolute Gasteiger partial charge is 0.0701 e. The first kappa shape index (κ1) is 15.3. The molecule has 2 fully saturated rings. The maximum atomic E-state index is 6.23. The quantitative estimate of drug-likeness (QED) is 0.929. The van der Waals surface area contributed by atoms with E-state index in [1.165, 1.54) is 36.5 Å². The van der Waals surface area contributed by atoms with Crippen molar-refractivity contribution >= 4 is 11.8 Å². The zero-order chi connectivity index (χ0) is 14.7. The molecule has 3 nitrogen and oxygen atoms in total. The molecule has 0 aromatic carbocycles. The molecule has 116 valence electrons. The number of nitrogens with one attached hydrogen (secondary N) is 1. The number of nitrogens with zero attached hydrogens (tertiary/aromatic N) is 1. The van der Waals surface area contributed by atoms with Gasteiger partial charge in [0, 0.05) is 12.3 Å². The molecule has 2 aliphatic heterocycles. The van der Waals surface area contributed by atoms with Crippen molar-refractivity contribution in [3.05, 3.63) is 29.6 Å². The first-order valence-electron chi connectivity index (χ1n) is 8.05. The van der Waals surface area contributed by atoms with Crippen LogP contribution in [0.2, 0.25) is 0 Å². The highest BCUT2D eigenvalue weighted by atomic mass is 32.2. The predicted octanol–water partition coefficient (Wildman–Crippen LogP) is 3.34. The zero-order valence-electron chi connectivity index (χ0n) is 13.1. The lowest BCUT2D eigenvalue weighted by atomic mass is 9.78. The lowest BCUT2D eigenvalue weighted by Gasteiger charge is -2.45. The van der Waals surface area contributed by atoms with E-state index < -0.39 is 0 Å². The molecule has 0 bridgehead atoms. The van der Waals surface area contributed by atoms with E-state index in [9.17, 15) is 0 Å². The van der Waals surface area contributed by atoms with Crippen LogP contribution in [0.1, 0.15) is 43.1 Å². The molecule has 1 aromatic heterocycles. The number of hydrogen-bond donors (Lipinski definition) is 1. The van der Waals surface area contributed by atoms with Gasteiger partial charge in [0.05, 0.1) is 17.3 Å². The van der Waals surface area contributed by atoms with Gasteiger partial charge in [-0.2, -0.15) is 11.8 Å². The van der Waals surface area contributed by atoms with Crippen LogP contribution in [0, 0.1) is 12.8 Å². The first-order chi connectivity index (χ1) is 10.2. The molecule has 2 atom stereocenters. The van der Waals surface area contributed by atoms with Crippen molar-refractivity contribution in [1.29, 1.82) is 0 Å². The van der Waals surface area contributed by atoms with E-state index >= 15 is 0 Å².